The third-order valence-corrected chi connectivity index (χ3v) is 33.2. The Labute approximate surface area is 745 Å². The monoisotopic (exact) mass is 1730 g/mol. The number of aliphatic imine (C=N–C) groups is 1. The highest BCUT2D eigenvalue weighted by molar-refractivity contribution is 6.00. The van der Waals surface area contributed by atoms with Crippen molar-refractivity contribution >= 4 is 40.5 Å². The average Bonchev–Trinajstić information content (AvgIpc) is 1.54. The molecule has 24 atom stereocenters. The Hall–Kier alpha value is -10.9. The molecule has 10 fully saturated rings. The van der Waals surface area contributed by atoms with Crippen LogP contribution in [0.1, 0.15) is 352 Å². The maximum absolute atomic E-state index is 11.4. The minimum Gasteiger partial charge on any atom is -0.293 e. The lowest BCUT2D eigenvalue weighted by Gasteiger charge is -2.06. The molecule has 18 aliphatic carbocycles. The number of aromatic nitrogens is 19. The maximum Gasteiger partial charge on any atom is 0.199 e. The molecule has 0 aromatic carbocycles. The molecule has 0 radical (unpaired) electrons. The Balaban J connectivity index is 0.0000000889. The summed E-state index contributed by atoms with van der Waals surface area (Å²) in [5.74, 6) is 23.9. The fourth-order valence-electron chi connectivity index (χ4n) is 26.7. The summed E-state index contributed by atoms with van der Waals surface area (Å²) in [5.41, 5.74) is 26.0. The predicted octanol–water partition coefficient (Wildman–Crippen LogP) is 17.5. The molecule has 0 amide bonds. The molecule has 668 valence electrons. The number of H-pyrrole nitrogens is 9. The van der Waals surface area contributed by atoms with Gasteiger partial charge in [0.05, 0.1) is 0 Å². The molecule has 28 heteroatoms. The van der Waals surface area contributed by atoms with E-state index < -0.39 is 0 Å². The second-order valence-electron chi connectivity index (χ2n) is 41.9. The third kappa shape index (κ3) is 14.9. The van der Waals surface area contributed by atoms with Gasteiger partial charge in [-0.2, -0.15) is 51.0 Å². The summed E-state index contributed by atoms with van der Waals surface area (Å²) in [4.78, 5) is 76.5. The van der Waals surface area contributed by atoms with E-state index in [2.05, 4.69) is 166 Å². The van der Waals surface area contributed by atoms with Gasteiger partial charge in [0, 0.05) is 179 Å². The normalized spacial score (nSPS) is 31.6. The minimum atomic E-state index is 0.0778. The minimum absolute atomic E-state index is 0.0778. The number of ketones is 6. The number of nitrogens with zero attached hydrogens (tertiary/aromatic N) is 13. The fraction of sp³-hybridized carbons (Fsp3) is 0.590. The van der Waals surface area contributed by atoms with Gasteiger partial charge in [-0.1, -0.05) is 77.7 Å². The smallest absolute Gasteiger partial charge is 0.199 e. The van der Waals surface area contributed by atoms with E-state index in [-0.39, 0.29) is 34.7 Å². The number of carbonyl (C=O) groups is 6. The zero-order valence-electron chi connectivity index (χ0n) is 75.5. The molecule has 28 rings (SSSR count). The third-order valence-electron chi connectivity index (χ3n) is 33.2. The van der Waals surface area contributed by atoms with Crippen molar-refractivity contribution in [3.63, 3.8) is 0 Å². The summed E-state index contributed by atoms with van der Waals surface area (Å²) in [6.45, 7) is 34.4. The Morgan fingerprint density at radius 3 is 0.867 bits per heavy atom. The van der Waals surface area contributed by atoms with Gasteiger partial charge in [0.15, 0.2) is 53.0 Å². The number of azo groups is 1. The highest BCUT2D eigenvalue weighted by Gasteiger charge is 2.64. The van der Waals surface area contributed by atoms with Crippen molar-refractivity contribution in [2.24, 2.45) is 134 Å². The first-order chi connectivity index (χ1) is 62.0. The number of carbonyl (C=O) groups excluding carboxylic acids is 6. The van der Waals surface area contributed by atoms with E-state index in [9.17, 15) is 28.8 Å². The highest BCUT2D eigenvalue weighted by Crippen LogP contribution is 2.70. The van der Waals surface area contributed by atoms with E-state index in [4.69, 9.17) is 0 Å². The van der Waals surface area contributed by atoms with Crippen LogP contribution in [0.15, 0.2) is 72.2 Å². The number of aromatic amines is 9. The molecule has 0 spiro atoms. The quantitative estimate of drug-likeness (QED) is 0.0200. The number of amidine groups is 1. The first-order valence-corrected chi connectivity index (χ1v) is 47.8. The van der Waals surface area contributed by atoms with Crippen LogP contribution in [0.2, 0.25) is 0 Å². The molecule has 9 N–H and O–H groups in total. The van der Waals surface area contributed by atoms with Crippen molar-refractivity contribution in [2.75, 3.05) is 6.67 Å². The molecule has 10 saturated carbocycles. The van der Waals surface area contributed by atoms with Gasteiger partial charge in [0.2, 0.25) is 0 Å². The second kappa shape index (κ2) is 32.6. The summed E-state index contributed by atoms with van der Waals surface area (Å²) in [5, 5.41) is 73.1. The molecule has 10 heterocycles. The molecular weight excluding hydrogens is 1610 g/mol. The Morgan fingerprint density at radius 2 is 0.602 bits per heavy atom. The molecule has 19 aliphatic rings. The van der Waals surface area contributed by atoms with Crippen LogP contribution in [0.5, 0.6) is 0 Å². The Morgan fingerprint density at radius 1 is 0.344 bits per heavy atom. The van der Waals surface area contributed by atoms with Crippen LogP contribution in [-0.4, -0.2) is 144 Å². The molecule has 9 aromatic heterocycles. The lowest BCUT2D eigenvalue weighted by atomic mass is 9.98. The second-order valence-corrected chi connectivity index (χ2v) is 41.9. The molecule has 1 aliphatic heterocycles. The van der Waals surface area contributed by atoms with Crippen molar-refractivity contribution in [1.82, 2.24) is 96.8 Å². The number of nitrogens with one attached hydrogen (secondary N) is 9. The summed E-state index contributed by atoms with van der Waals surface area (Å²) in [6, 6.07) is 0. The molecule has 0 bridgehead atoms. The largest absolute Gasteiger partial charge is 0.293 e. The number of hydrogen-bond donors (Lipinski definition) is 9. The van der Waals surface area contributed by atoms with Crippen molar-refractivity contribution < 1.29 is 28.8 Å². The van der Waals surface area contributed by atoms with Gasteiger partial charge >= 0.3 is 0 Å². The summed E-state index contributed by atoms with van der Waals surface area (Å²) >= 11 is 0. The summed E-state index contributed by atoms with van der Waals surface area (Å²) in [6.07, 6.45) is 33.8. The molecule has 128 heavy (non-hydrogen) atoms. The van der Waals surface area contributed by atoms with Gasteiger partial charge < -0.3 is 0 Å². The van der Waals surface area contributed by atoms with Crippen LogP contribution in [0.4, 0.5) is 0 Å². The summed E-state index contributed by atoms with van der Waals surface area (Å²) in [7, 11) is 0. The van der Waals surface area contributed by atoms with Crippen molar-refractivity contribution in [3.8, 4) is 11.5 Å². The number of hydrogen-bond acceptors (Lipinski definition) is 19. The first-order valence-electron chi connectivity index (χ1n) is 47.8. The Kier molecular flexibility index (Phi) is 21.4. The zero-order chi connectivity index (χ0) is 88.6. The number of rotatable bonds is 24. The van der Waals surface area contributed by atoms with E-state index in [1.165, 1.54) is 148 Å². The van der Waals surface area contributed by atoms with Crippen LogP contribution >= 0.6 is 0 Å². The number of Topliss-reactive ketones (excluding diaryl/α,β-unsaturated/α-hetero) is 6. The highest BCUT2D eigenvalue weighted by atomic mass is 16.1. The molecule has 9 aromatic rings. The summed E-state index contributed by atoms with van der Waals surface area (Å²) < 4.78 is 0. The topological polar surface area (TPSA) is 411 Å². The number of fused-ring (bicyclic) bond motifs is 24. The van der Waals surface area contributed by atoms with Crippen LogP contribution in [0.3, 0.4) is 0 Å². The molecular formula is C100H122N22O6. The van der Waals surface area contributed by atoms with Gasteiger partial charge in [-0.3, -0.25) is 74.7 Å². The standard InChI is InChI=1S/2C13H16N2O.2C13H18N2O.2C12H13N5.2C12H14N2O/c2*1-6(16)12-10-5-9-8(4-7-2-3-7)11(9)13(10)15-14-12;2*1-6(2)4-8-9-5-10-12(7(3)16)14-15-13(10)11(8)9;2*1-2-3-6-7-4-8-10(9(6)7)15-16-11(8)12-13-5-14-17-12;2*1-3-4-7-8-5-9-11(6(2)15)13-14-12(9)10(7)8/h2*7-9,11H,2-5H2,1H3,(H,14,15);2*6,8-9,11H,4-5H2,1-3H3,(H,14,15);2,6-7,9H,1,3-5H2,(H,15,16);2,5-7,9H,1,3-4H2,(H,15,16)(H,13,14,17);2*3,7-8,10H,1,4-5H2,2H3,(H,13,14)/t8-,9+,11-;;8-,9+,11-;;;6-,7+,9-;7-,8+,10-;/m1.1..11./s1. The van der Waals surface area contributed by atoms with Gasteiger partial charge in [-0.05, 0) is 221 Å². The van der Waals surface area contributed by atoms with Gasteiger partial charge in [0.1, 0.15) is 51.9 Å². The van der Waals surface area contributed by atoms with Crippen LogP contribution in [0.25, 0.3) is 11.5 Å². The average molecular weight is 1730 g/mol. The Bertz CT molecular complexity index is 5600. The van der Waals surface area contributed by atoms with Crippen LogP contribution in [0, 0.1) is 118 Å². The van der Waals surface area contributed by atoms with Gasteiger partial charge in [0.25, 0.3) is 0 Å². The van der Waals surface area contributed by atoms with Gasteiger partial charge in [-0.25, -0.2) is 9.98 Å². The van der Waals surface area contributed by atoms with E-state index >= 15 is 0 Å². The molecule has 0 saturated heterocycles. The van der Waals surface area contributed by atoms with Crippen molar-refractivity contribution in [2.45, 2.75) is 245 Å². The zero-order valence-corrected chi connectivity index (χ0v) is 75.5. The maximum atomic E-state index is 11.4. The molecule has 12 unspecified atom stereocenters. The first kappa shape index (κ1) is 83.9. The van der Waals surface area contributed by atoms with E-state index in [0.29, 0.717) is 82.2 Å². The fourth-order valence-corrected chi connectivity index (χ4v) is 26.7. The number of allylic oxidation sites excluding steroid dienone is 4. The van der Waals surface area contributed by atoms with Crippen molar-refractivity contribution in [3.05, 3.63) is 187 Å². The lowest BCUT2D eigenvalue weighted by Crippen LogP contribution is -2.01. The van der Waals surface area contributed by atoms with Crippen LogP contribution < -0.4 is 0 Å². The van der Waals surface area contributed by atoms with Gasteiger partial charge in [-0.15, -0.1) is 31.4 Å². The van der Waals surface area contributed by atoms with E-state index in [1.54, 1.807) is 41.5 Å². The predicted molar refractivity (Wildman–Crippen MR) is 481 cm³/mol. The molecule has 28 nitrogen and oxygen atoms in total. The van der Waals surface area contributed by atoms with Crippen molar-refractivity contribution in [1.29, 1.82) is 0 Å². The SMILES string of the molecule is C=CCC1C2Cc3c(C(C)=O)n[nH]c3C12.C=CCC1C2Cc3c(C4=NCN=N4)n[nH]c3C12.C=CC[C@@H]1[C@@H]2Cc3c(-c4ncn[nH]4)n[nH]c3[C@H]12.C=CC[C@@H]1[C@@H]2Cc3c(C(C)=O)n[nH]c3[C@H]12.CC(=O)c1n[nH]c2c1CC1C(CC(C)C)C21.CC(=O)c1n[nH]c2c1CC1C(CC3CC3)C21.CC(=O)c1n[nH]c2c1C[C@H]1[C@@H](CC(C)C)[C@@H]21.CC(=O)c1n[nH]c2c1C[C@H]1[C@@H](CC3CC3)[C@@H]21. The van der Waals surface area contributed by atoms with Crippen LogP contribution in [-0.2, 0) is 51.4 Å². The van der Waals surface area contributed by atoms with E-state index in [0.717, 1.165) is 224 Å². The van der Waals surface area contributed by atoms with E-state index in [1.807, 2.05) is 24.3 Å². The lowest BCUT2D eigenvalue weighted by molar-refractivity contribution is 0.0999.